The van der Waals surface area contributed by atoms with E-state index in [0.717, 1.165) is 5.92 Å². The highest BCUT2D eigenvalue weighted by Crippen LogP contribution is 2.09. The second kappa shape index (κ2) is 12.5. The Morgan fingerprint density at radius 2 is 1.86 bits per heavy atom. The molecule has 0 aliphatic rings. The summed E-state index contributed by atoms with van der Waals surface area (Å²) in [7, 11) is 0. The number of rotatable bonds is 5. The molecule has 0 saturated carbocycles. The van der Waals surface area contributed by atoms with Crippen LogP contribution in [0.5, 0.6) is 0 Å². The third-order valence-electron chi connectivity index (χ3n) is 2.10. The van der Waals surface area contributed by atoms with E-state index in [-0.39, 0.29) is 5.97 Å². The molecule has 0 N–H and O–H groups in total. The van der Waals surface area contributed by atoms with Gasteiger partial charge in [-0.2, -0.15) is 0 Å². The maximum Gasteiger partial charge on any atom is 0.302 e. The molecule has 1 unspecified atom stereocenters. The summed E-state index contributed by atoms with van der Waals surface area (Å²) in [4.78, 5) is 9.82. The molecule has 0 aliphatic carbocycles. The van der Waals surface area contributed by atoms with Crippen molar-refractivity contribution in [3.8, 4) is 0 Å². The molecule has 0 aromatic heterocycles. The Bertz CT molecular complexity index is 121. The number of ether oxygens (including phenoxy) is 1. The topological polar surface area (TPSA) is 26.3 Å². The van der Waals surface area contributed by atoms with Gasteiger partial charge in [0.15, 0.2) is 0 Å². The van der Waals surface area contributed by atoms with Crippen LogP contribution in [0.15, 0.2) is 0 Å². The molecule has 0 fully saturated rings. The minimum atomic E-state index is -0.211. The van der Waals surface area contributed by atoms with Crippen molar-refractivity contribution in [1.29, 1.82) is 0 Å². The Morgan fingerprint density at radius 1 is 1.29 bits per heavy atom. The van der Waals surface area contributed by atoms with E-state index in [1.807, 2.05) is 0 Å². The van der Waals surface area contributed by atoms with Gasteiger partial charge in [-0.1, -0.05) is 46.5 Å². The zero-order chi connectivity index (χ0) is 11.4. The Labute approximate surface area is 89.0 Å². The third kappa shape index (κ3) is 17.5. The summed E-state index contributed by atoms with van der Waals surface area (Å²) < 4.78 is 4.40. The fourth-order valence-electron chi connectivity index (χ4n) is 0.960. The molecular formula is C12H26O2. The van der Waals surface area contributed by atoms with E-state index in [1.54, 1.807) is 6.92 Å². The van der Waals surface area contributed by atoms with Gasteiger partial charge >= 0.3 is 5.97 Å². The number of esters is 1. The molecular weight excluding hydrogens is 176 g/mol. The van der Waals surface area contributed by atoms with Gasteiger partial charge in [0.2, 0.25) is 0 Å². The fourth-order valence-corrected chi connectivity index (χ4v) is 0.960. The van der Waals surface area contributed by atoms with Crippen LogP contribution in [0.4, 0.5) is 0 Å². The number of carbonyl (C=O) groups excluding carboxylic acids is 1. The van der Waals surface area contributed by atoms with Gasteiger partial charge in [-0.05, 0) is 12.8 Å². The van der Waals surface area contributed by atoms with Crippen molar-refractivity contribution in [3.05, 3.63) is 0 Å². The van der Waals surface area contributed by atoms with E-state index in [0.29, 0.717) is 6.61 Å². The highest BCUT2D eigenvalue weighted by molar-refractivity contribution is 5.65. The summed E-state index contributed by atoms with van der Waals surface area (Å²) in [5.74, 6) is 0.743. The Morgan fingerprint density at radius 3 is 2.07 bits per heavy atom. The molecule has 0 saturated heterocycles. The second-order valence-corrected chi connectivity index (χ2v) is 3.58. The number of carbonyl (C=O) groups is 1. The zero-order valence-electron chi connectivity index (χ0n) is 10.4. The van der Waals surface area contributed by atoms with E-state index >= 15 is 0 Å². The number of hydrogen-bond donors (Lipinski definition) is 0. The predicted octanol–water partition coefficient (Wildman–Crippen LogP) is 3.79. The van der Waals surface area contributed by atoms with Crippen LogP contribution in [-0.2, 0) is 9.53 Å². The van der Waals surface area contributed by atoms with E-state index in [1.165, 1.54) is 32.6 Å². The van der Waals surface area contributed by atoms with Crippen molar-refractivity contribution >= 4 is 5.97 Å². The molecule has 0 radical (unpaired) electrons. The van der Waals surface area contributed by atoms with Crippen molar-refractivity contribution in [1.82, 2.24) is 0 Å². The maximum absolute atomic E-state index is 9.82. The van der Waals surface area contributed by atoms with Gasteiger partial charge in [0, 0.05) is 6.92 Å². The minimum Gasteiger partial charge on any atom is -0.466 e. The first kappa shape index (κ1) is 15.9. The van der Waals surface area contributed by atoms with E-state index in [9.17, 15) is 4.79 Å². The average Bonchev–Trinajstić information content (AvgIpc) is 2.15. The van der Waals surface area contributed by atoms with Crippen molar-refractivity contribution in [2.45, 2.75) is 60.3 Å². The largest absolute Gasteiger partial charge is 0.466 e. The average molecular weight is 202 g/mol. The van der Waals surface area contributed by atoms with E-state index in [2.05, 4.69) is 25.5 Å². The highest BCUT2D eigenvalue weighted by atomic mass is 16.5. The first-order valence-corrected chi connectivity index (χ1v) is 5.71. The lowest BCUT2D eigenvalue weighted by molar-refractivity contribution is -0.140. The lowest BCUT2D eigenvalue weighted by Crippen LogP contribution is -1.95. The summed E-state index contributed by atoms with van der Waals surface area (Å²) in [5, 5.41) is 0. The fraction of sp³-hybridized carbons (Fsp3) is 0.917. The van der Waals surface area contributed by atoms with E-state index in [4.69, 9.17) is 0 Å². The normalized spacial score (nSPS) is 11.2. The first-order valence-electron chi connectivity index (χ1n) is 5.71. The van der Waals surface area contributed by atoms with Crippen molar-refractivity contribution in [2.75, 3.05) is 6.61 Å². The molecule has 1 atom stereocenters. The molecule has 2 heteroatoms. The van der Waals surface area contributed by atoms with Gasteiger partial charge in [-0.15, -0.1) is 0 Å². The molecule has 0 aliphatic heterocycles. The van der Waals surface area contributed by atoms with Crippen molar-refractivity contribution in [2.24, 2.45) is 5.92 Å². The second-order valence-electron chi connectivity index (χ2n) is 3.58. The summed E-state index contributed by atoms with van der Waals surface area (Å²) in [6.45, 7) is 10.5. The lowest BCUT2D eigenvalue weighted by atomic mass is 10.0. The molecule has 0 spiro atoms. The summed E-state index contributed by atoms with van der Waals surface area (Å²) >= 11 is 0. The smallest absolute Gasteiger partial charge is 0.302 e. The van der Waals surface area contributed by atoms with Gasteiger partial charge in [0.1, 0.15) is 0 Å². The Hall–Kier alpha value is -0.530. The highest BCUT2D eigenvalue weighted by Gasteiger charge is 1.94. The molecule has 0 amide bonds. The quantitative estimate of drug-likeness (QED) is 0.634. The van der Waals surface area contributed by atoms with Gasteiger partial charge in [0.05, 0.1) is 6.61 Å². The van der Waals surface area contributed by atoms with Crippen molar-refractivity contribution in [3.63, 3.8) is 0 Å². The Balaban J connectivity index is 0. The number of unbranched alkanes of at least 4 members (excludes halogenated alkanes) is 1. The molecule has 0 heterocycles. The molecule has 14 heavy (non-hydrogen) atoms. The molecule has 86 valence electrons. The summed E-state index contributed by atoms with van der Waals surface area (Å²) in [6.07, 6.45) is 5.53. The van der Waals surface area contributed by atoms with Crippen LogP contribution in [0, 0.1) is 5.92 Å². The molecule has 0 aromatic rings. The first-order chi connectivity index (χ1) is 6.58. The monoisotopic (exact) mass is 202 g/mol. The van der Waals surface area contributed by atoms with Gasteiger partial charge in [-0.3, -0.25) is 4.79 Å². The van der Waals surface area contributed by atoms with E-state index < -0.39 is 0 Å². The SMILES string of the molecule is CCCCC(C)CC.CCOC(C)=O. The lowest BCUT2D eigenvalue weighted by Gasteiger charge is -2.04. The predicted molar refractivity (Wildman–Crippen MR) is 61.3 cm³/mol. The van der Waals surface area contributed by atoms with Crippen LogP contribution in [0.3, 0.4) is 0 Å². The zero-order valence-corrected chi connectivity index (χ0v) is 10.4. The maximum atomic E-state index is 9.82. The van der Waals surface area contributed by atoms with Crippen LogP contribution in [0.1, 0.15) is 60.3 Å². The Kier molecular flexibility index (Phi) is 14.2. The van der Waals surface area contributed by atoms with Crippen LogP contribution in [0.25, 0.3) is 0 Å². The molecule has 0 aromatic carbocycles. The van der Waals surface area contributed by atoms with Crippen molar-refractivity contribution < 1.29 is 9.53 Å². The van der Waals surface area contributed by atoms with Crippen LogP contribution in [0.2, 0.25) is 0 Å². The number of hydrogen-bond acceptors (Lipinski definition) is 2. The van der Waals surface area contributed by atoms with Crippen LogP contribution < -0.4 is 0 Å². The summed E-state index contributed by atoms with van der Waals surface area (Å²) in [5.41, 5.74) is 0. The van der Waals surface area contributed by atoms with Gasteiger partial charge in [-0.25, -0.2) is 0 Å². The summed E-state index contributed by atoms with van der Waals surface area (Å²) in [6, 6.07) is 0. The van der Waals surface area contributed by atoms with Crippen LogP contribution in [-0.4, -0.2) is 12.6 Å². The standard InChI is InChI=1S/C8H18.C4H8O2/c1-4-6-7-8(3)5-2;1-3-6-4(2)5/h8H,4-7H2,1-3H3;3H2,1-2H3. The van der Waals surface area contributed by atoms with Gasteiger partial charge in [0.25, 0.3) is 0 Å². The molecule has 2 nitrogen and oxygen atoms in total. The minimum absolute atomic E-state index is 0.211. The van der Waals surface area contributed by atoms with Gasteiger partial charge < -0.3 is 4.74 Å². The molecule has 0 rings (SSSR count). The third-order valence-corrected chi connectivity index (χ3v) is 2.10. The van der Waals surface area contributed by atoms with Crippen LogP contribution >= 0.6 is 0 Å². The molecule has 0 bridgehead atoms.